The molecule has 1 N–H and O–H groups in total. The summed E-state index contributed by atoms with van der Waals surface area (Å²) < 4.78 is 28.4. The zero-order chi connectivity index (χ0) is 23.2. The Labute approximate surface area is 193 Å². The van der Waals surface area contributed by atoms with Gasteiger partial charge in [-0.05, 0) is 48.6 Å². The fourth-order valence-corrected chi connectivity index (χ4v) is 4.88. The molecule has 1 amide bonds. The molecule has 2 aromatic carbocycles. The Balaban J connectivity index is 1.79. The van der Waals surface area contributed by atoms with Crippen molar-refractivity contribution >= 4 is 39.0 Å². The van der Waals surface area contributed by atoms with E-state index in [4.69, 9.17) is 0 Å². The number of Topliss-reactive ketones (excluding diaryl/α,β-unsaturated/α-hetero) is 1. The van der Waals surface area contributed by atoms with Crippen LogP contribution in [0.4, 0.5) is 14.5 Å². The number of carbonyl (C=O) groups is 2. The van der Waals surface area contributed by atoms with Gasteiger partial charge in [0.15, 0.2) is 5.78 Å². The number of rotatable bonds is 3. The molecule has 2 atom stereocenters. The zero-order valence-electron chi connectivity index (χ0n) is 18.0. The number of nitrogens with one attached hydrogen (secondary N) is 1. The summed E-state index contributed by atoms with van der Waals surface area (Å²) >= 11 is 3.42. The molecule has 0 saturated carbocycles. The highest BCUT2D eigenvalue weighted by molar-refractivity contribution is 9.10. The van der Waals surface area contributed by atoms with Gasteiger partial charge >= 0.3 is 0 Å². The summed E-state index contributed by atoms with van der Waals surface area (Å²) in [5, 5.41) is 2.57. The minimum Gasteiger partial charge on any atom is -0.323 e. The SMILES string of the molecule is CC1=NC2=C(C(=O)CC(C)(C)C2)[C@H](c2ccc(Br)cc2)C1C(=O)Nc1ccc(F)cc1F. The van der Waals surface area contributed by atoms with Crippen molar-refractivity contribution in [2.24, 2.45) is 16.3 Å². The minimum absolute atomic E-state index is 0.0221. The van der Waals surface area contributed by atoms with Gasteiger partial charge in [-0.1, -0.05) is 41.9 Å². The maximum atomic E-state index is 14.2. The van der Waals surface area contributed by atoms with E-state index < -0.39 is 29.4 Å². The standard InChI is InChI=1S/C25H23BrF2N2O2/c1-13-21(24(32)30-18-9-8-16(27)10-17(18)28)22(14-4-6-15(26)7-5-14)23-19(29-13)11-25(2,3)12-20(23)31/h4-10,21-22H,11-12H2,1-3H3,(H,30,32)/t21?,22-/m1/s1. The summed E-state index contributed by atoms with van der Waals surface area (Å²) in [5.74, 6) is -3.44. The number of nitrogens with zero attached hydrogens (tertiary/aromatic N) is 1. The van der Waals surface area contributed by atoms with Crippen molar-refractivity contribution in [1.82, 2.24) is 0 Å². The van der Waals surface area contributed by atoms with Gasteiger partial charge in [0.1, 0.15) is 11.6 Å². The number of carbonyl (C=O) groups excluding carboxylic acids is 2. The molecule has 1 heterocycles. The number of anilines is 1. The number of ketones is 1. The number of hydrogen-bond acceptors (Lipinski definition) is 3. The van der Waals surface area contributed by atoms with Gasteiger partial charge in [0.05, 0.1) is 11.6 Å². The molecular weight excluding hydrogens is 478 g/mol. The lowest BCUT2D eigenvalue weighted by Crippen LogP contribution is -2.41. The third kappa shape index (κ3) is 4.31. The molecule has 2 aromatic rings. The highest BCUT2D eigenvalue weighted by Crippen LogP contribution is 2.48. The van der Waals surface area contributed by atoms with Crippen LogP contribution in [0.1, 0.15) is 45.1 Å². The van der Waals surface area contributed by atoms with Crippen LogP contribution in [0.2, 0.25) is 0 Å². The van der Waals surface area contributed by atoms with Gasteiger partial charge in [0.25, 0.3) is 0 Å². The molecule has 0 spiro atoms. The van der Waals surface area contributed by atoms with E-state index in [1.807, 2.05) is 38.1 Å². The molecule has 32 heavy (non-hydrogen) atoms. The third-order valence-corrected chi connectivity index (χ3v) is 6.53. The van der Waals surface area contributed by atoms with E-state index in [1.165, 1.54) is 6.07 Å². The Morgan fingerprint density at radius 2 is 1.81 bits per heavy atom. The monoisotopic (exact) mass is 500 g/mol. The Morgan fingerprint density at radius 3 is 2.47 bits per heavy atom. The van der Waals surface area contributed by atoms with Crippen molar-refractivity contribution in [3.8, 4) is 0 Å². The van der Waals surface area contributed by atoms with Crippen LogP contribution in [-0.2, 0) is 9.59 Å². The molecule has 7 heteroatoms. The van der Waals surface area contributed by atoms with Crippen molar-refractivity contribution in [3.63, 3.8) is 0 Å². The van der Waals surface area contributed by atoms with E-state index in [0.717, 1.165) is 22.2 Å². The molecule has 4 rings (SSSR count). The summed E-state index contributed by atoms with van der Waals surface area (Å²) in [6, 6.07) is 10.5. The van der Waals surface area contributed by atoms with E-state index in [0.29, 0.717) is 29.8 Å². The molecule has 166 valence electrons. The van der Waals surface area contributed by atoms with Crippen LogP contribution < -0.4 is 5.32 Å². The van der Waals surface area contributed by atoms with Crippen molar-refractivity contribution in [2.45, 2.75) is 39.5 Å². The molecule has 2 aliphatic rings. The average Bonchev–Trinajstić information content (AvgIpc) is 2.68. The minimum atomic E-state index is -0.862. The zero-order valence-corrected chi connectivity index (χ0v) is 19.6. The summed E-state index contributed by atoms with van der Waals surface area (Å²) in [4.78, 5) is 31.3. The lowest BCUT2D eigenvalue weighted by molar-refractivity contribution is -0.119. The number of benzene rings is 2. The first-order chi connectivity index (χ1) is 15.1. The van der Waals surface area contributed by atoms with Crippen LogP contribution in [0.15, 0.2) is 63.2 Å². The van der Waals surface area contributed by atoms with Gasteiger partial charge in [-0.3, -0.25) is 14.6 Å². The molecule has 4 nitrogen and oxygen atoms in total. The predicted octanol–water partition coefficient (Wildman–Crippen LogP) is 6.18. The van der Waals surface area contributed by atoms with Crippen LogP contribution in [0.3, 0.4) is 0 Å². The number of halogens is 3. The molecule has 0 fully saturated rings. The largest absolute Gasteiger partial charge is 0.323 e. The predicted molar refractivity (Wildman–Crippen MR) is 124 cm³/mol. The number of hydrogen-bond donors (Lipinski definition) is 1. The highest BCUT2D eigenvalue weighted by Gasteiger charge is 2.45. The van der Waals surface area contributed by atoms with Crippen molar-refractivity contribution in [1.29, 1.82) is 0 Å². The van der Waals surface area contributed by atoms with E-state index >= 15 is 0 Å². The van der Waals surface area contributed by atoms with E-state index in [2.05, 4.69) is 26.2 Å². The Kier molecular flexibility index (Phi) is 5.88. The molecule has 1 aliphatic heterocycles. The lowest BCUT2D eigenvalue weighted by atomic mass is 9.66. The van der Waals surface area contributed by atoms with Gasteiger partial charge in [0.2, 0.25) is 5.91 Å². The second-order valence-electron chi connectivity index (χ2n) is 9.17. The molecule has 0 aromatic heterocycles. The van der Waals surface area contributed by atoms with Crippen molar-refractivity contribution in [3.05, 3.63) is 75.4 Å². The molecule has 0 saturated heterocycles. The lowest BCUT2D eigenvalue weighted by Gasteiger charge is -2.39. The Bertz CT molecular complexity index is 1170. The first-order valence-electron chi connectivity index (χ1n) is 10.4. The molecule has 0 bridgehead atoms. The number of amides is 1. The van der Waals surface area contributed by atoms with Crippen LogP contribution in [0, 0.1) is 23.0 Å². The fourth-order valence-electron chi connectivity index (χ4n) is 4.62. The van der Waals surface area contributed by atoms with Crippen molar-refractivity contribution < 1.29 is 18.4 Å². The maximum absolute atomic E-state index is 14.2. The summed E-state index contributed by atoms with van der Waals surface area (Å²) in [7, 11) is 0. The van der Waals surface area contributed by atoms with E-state index in [-0.39, 0.29) is 16.9 Å². The van der Waals surface area contributed by atoms with E-state index in [1.54, 1.807) is 6.92 Å². The third-order valence-electron chi connectivity index (χ3n) is 6.00. The molecule has 1 unspecified atom stereocenters. The van der Waals surface area contributed by atoms with Crippen LogP contribution in [-0.4, -0.2) is 17.4 Å². The highest BCUT2D eigenvalue weighted by atomic mass is 79.9. The maximum Gasteiger partial charge on any atom is 0.234 e. The summed E-state index contributed by atoms with van der Waals surface area (Å²) in [5.41, 5.74) is 2.31. The Hall–Kier alpha value is -2.67. The summed E-state index contributed by atoms with van der Waals surface area (Å²) in [6.45, 7) is 5.82. The second-order valence-corrected chi connectivity index (χ2v) is 10.1. The summed E-state index contributed by atoms with van der Waals surface area (Å²) in [6.07, 6.45) is 1.01. The second kappa shape index (κ2) is 8.35. The van der Waals surface area contributed by atoms with E-state index in [9.17, 15) is 18.4 Å². The van der Waals surface area contributed by atoms with Gasteiger partial charge in [0, 0.05) is 39.9 Å². The smallest absolute Gasteiger partial charge is 0.234 e. The fraction of sp³-hybridized carbons (Fsp3) is 0.320. The van der Waals surface area contributed by atoms with Gasteiger partial charge < -0.3 is 5.32 Å². The molecule has 1 aliphatic carbocycles. The van der Waals surface area contributed by atoms with Crippen molar-refractivity contribution in [2.75, 3.05) is 5.32 Å². The number of allylic oxidation sites excluding steroid dienone is 2. The van der Waals surface area contributed by atoms with Crippen LogP contribution in [0.25, 0.3) is 0 Å². The number of aliphatic imine (C=N–C) groups is 1. The topological polar surface area (TPSA) is 58.5 Å². The first-order valence-corrected chi connectivity index (χ1v) is 11.2. The average molecular weight is 501 g/mol. The normalized spacial score (nSPS) is 22.3. The van der Waals surface area contributed by atoms with Gasteiger partial charge in [-0.15, -0.1) is 0 Å². The van der Waals surface area contributed by atoms with Crippen LogP contribution in [0.5, 0.6) is 0 Å². The Morgan fingerprint density at radius 1 is 1.12 bits per heavy atom. The van der Waals surface area contributed by atoms with Gasteiger partial charge in [-0.2, -0.15) is 0 Å². The molecular formula is C25H23BrF2N2O2. The quantitative estimate of drug-likeness (QED) is 0.546. The first kappa shape index (κ1) is 22.5. The van der Waals surface area contributed by atoms with Crippen LogP contribution >= 0.6 is 15.9 Å². The molecule has 0 radical (unpaired) electrons. The van der Waals surface area contributed by atoms with Gasteiger partial charge in [-0.25, -0.2) is 8.78 Å².